The fraction of sp³-hybridized carbons (Fsp3) is 0.667. The summed E-state index contributed by atoms with van der Waals surface area (Å²) < 4.78 is 0. The topological polar surface area (TPSA) is 69.6 Å². The van der Waals surface area contributed by atoms with Crippen LogP contribution in [-0.2, 0) is 4.79 Å². The quantitative estimate of drug-likeness (QED) is 0.210. The van der Waals surface area contributed by atoms with E-state index in [1.807, 2.05) is 6.08 Å². The van der Waals surface area contributed by atoms with E-state index >= 15 is 0 Å². The normalized spacial score (nSPS) is 8.43. The molecule has 0 aromatic heterocycles. The van der Waals surface area contributed by atoms with Crippen LogP contribution in [0.5, 0.6) is 0 Å². The predicted molar refractivity (Wildman–Crippen MR) is 53.1 cm³/mol. The third-order valence-corrected chi connectivity index (χ3v) is 1.33. The van der Waals surface area contributed by atoms with Crippen molar-refractivity contribution in [3.63, 3.8) is 0 Å². The molecule has 0 unspecified atom stereocenters. The van der Waals surface area contributed by atoms with Gasteiger partial charge in [-0.3, -0.25) is 4.79 Å². The minimum Gasteiger partial charge on any atom is -0.444 e. The Hall–Kier alpha value is -0.190. The zero-order valence-corrected chi connectivity index (χ0v) is 11.2. The maximum Gasteiger partial charge on any atom is 1.00 e. The molecule has 0 aliphatic carbocycles. The second kappa shape index (κ2) is 18.6. The molecule has 0 N–H and O–H groups in total. The summed E-state index contributed by atoms with van der Waals surface area (Å²) in [5, 5.41) is 9.00. The fourth-order valence-electron chi connectivity index (χ4n) is 0.761. The van der Waals surface area contributed by atoms with Crippen LogP contribution in [0.25, 0.3) is 0 Å². The molecule has 0 fully saturated rings. The summed E-state index contributed by atoms with van der Waals surface area (Å²) in [5.41, 5.74) is 0. The number of nitrogens with zero attached hydrogens (tertiary/aromatic N) is 1. The molecule has 0 bridgehead atoms. The smallest absolute Gasteiger partial charge is 0.444 e. The largest absolute Gasteiger partial charge is 1.00 e. The van der Waals surface area contributed by atoms with Crippen molar-refractivity contribution in [3.05, 3.63) is 22.3 Å². The van der Waals surface area contributed by atoms with Gasteiger partial charge in [0.2, 0.25) is 0 Å². The molecule has 0 atom stereocenters. The summed E-state index contributed by atoms with van der Waals surface area (Å²) in [6.07, 6.45) is 8.37. The Bertz CT molecular complexity index is 160. The van der Waals surface area contributed by atoms with E-state index in [0.29, 0.717) is 0 Å². The fourth-order valence-corrected chi connectivity index (χ4v) is 0.761. The van der Waals surface area contributed by atoms with Crippen molar-refractivity contribution in [2.24, 2.45) is 5.34 Å². The molecule has 76 valence electrons. The number of unbranched alkanes of at least 4 members (excludes halogenated alkanes) is 3. The van der Waals surface area contributed by atoms with Gasteiger partial charge in [0.1, 0.15) is 0 Å². The molecule has 0 radical (unpaired) electrons. The van der Waals surface area contributed by atoms with E-state index < -0.39 is 0 Å². The van der Waals surface area contributed by atoms with E-state index in [1.54, 1.807) is 13.0 Å². The molecule has 0 aromatic carbocycles. The van der Waals surface area contributed by atoms with E-state index in [-0.39, 0.29) is 35.3 Å². The zero-order valence-electron chi connectivity index (χ0n) is 9.16. The van der Waals surface area contributed by atoms with Gasteiger partial charge in [-0.05, 0) is 25.8 Å². The molecular formula is C9H16NNaO3. The summed E-state index contributed by atoms with van der Waals surface area (Å²) in [4.78, 5) is 18.4. The molecule has 0 spiro atoms. The van der Waals surface area contributed by atoms with Gasteiger partial charge in [-0.2, -0.15) is 0 Å². The van der Waals surface area contributed by atoms with Crippen molar-refractivity contribution in [2.75, 3.05) is 0 Å². The molecule has 0 saturated heterocycles. The van der Waals surface area contributed by atoms with E-state index in [4.69, 9.17) is 10.1 Å². The molecule has 0 amide bonds. The third-order valence-electron chi connectivity index (χ3n) is 1.33. The predicted octanol–water partition coefficient (Wildman–Crippen LogP) is -0.0335. The molecule has 0 rings (SSSR count). The second-order valence-corrected chi connectivity index (χ2v) is 2.58. The summed E-state index contributed by atoms with van der Waals surface area (Å²) >= 11 is 0. The Morgan fingerprint density at radius 2 is 1.93 bits per heavy atom. The Kier molecular flexibility index (Phi) is 25.7. The average molecular weight is 209 g/mol. The number of hydrogen-bond acceptors (Lipinski definition) is 4. The van der Waals surface area contributed by atoms with Crippen LogP contribution in [0.4, 0.5) is 0 Å². The number of carbonyl (C=O) groups is 1. The van der Waals surface area contributed by atoms with Gasteiger partial charge in [-0.25, -0.2) is 0 Å². The van der Waals surface area contributed by atoms with Gasteiger partial charge in [-0.1, -0.05) is 25.8 Å². The summed E-state index contributed by atoms with van der Waals surface area (Å²) in [5.74, 6) is 0.150. The van der Waals surface area contributed by atoms with Crippen LogP contribution in [0.3, 0.4) is 0 Å². The van der Waals surface area contributed by atoms with E-state index in [1.165, 1.54) is 19.3 Å². The Morgan fingerprint density at radius 1 is 1.43 bits per heavy atom. The number of rotatable bonds is 5. The van der Waals surface area contributed by atoms with Crippen LogP contribution >= 0.6 is 0 Å². The van der Waals surface area contributed by atoms with Gasteiger partial charge in [0.25, 0.3) is 0 Å². The van der Waals surface area contributed by atoms with Crippen LogP contribution in [0.1, 0.15) is 39.5 Å². The third kappa shape index (κ3) is 29.8. The number of allylic oxidation sites excluding steroid dienone is 2. The Labute approximate surface area is 107 Å². The molecule has 0 aliphatic heterocycles. The first-order valence-electron chi connectivity index (χ1n) is 4.31. The summed E-state index contributed by atoms with van der Waals surface area (Å²) in [6, 6.07) is 0. The van der Waals surface area contributed by atoms with Crippen LogP contribution in [0.2, 0.25) is 0 Å². The van der Waals surface area contributed by atoms with E-state index in [2.05, 4.69) is 6.92 Å². The van der Waals surface area contributed by atoms with Crippen LogP contribution in [0, 0.1) is 10.1 Å². The summed E-state index contributed by atoms with van der Waals surface area (Å²) in [7, 11) is 0. The number of hydrogen-bond donors (Lipinski definition) is 0. The van der Waals surface area contributed by atoms with Gasteiger partial charge in [0.15, 0.2) is 5.78 Å². The molecule has 5 heteroatoms. The zero-order chi connectivity index (χ0) is 10.5. The van der Waals surface area contributed by atoms with Crippen molar-refractivity contribution in [1.29, 1.82) is 0 Å². The number of ketones is 1. The minimum absolute atomic E-state index is 0. The maximum absolute atomic E-state index is 10.4. The summed E-state index contributed by atoms with van der Waals surface area (Å²) in [6.45, 7) is 3.75. The van der Waals surface area contributed by atoms with Crippen LogP contribution in [-0.4, -0.2) is 5.78 Å². The minimum atomic E-state index is 0. The molecule has 0 saturated carbocycles. The van der Waals surface area contributed by atoms with Crippen molar-refractivity contribution in [2.45, 2.75) is 39.5 Å². The van der Waals surface area contributed by atoms with Gasteiger partial charge in [0, 0.05) is 0 Å². The molecule has 4 nitrogen and oxygen atoms in total. The molecule has 14 heavy (non-hydrogen) atoms. The monoisotopic (exact) mass is 209 g/mol. The van der Waals surface area contributed by atoms with Gasteiger partial charge in [-0.15, -0.1) is 5.34 Å². The standard InChI is InChI=1S/C9H16O.HNO2.Na/c1-3-4-5-6-7-8-9(2)10;2-1-3;/h7-8H,3-6H2,1-2H3;(H,2,3);/q;;+1/p-1. The van der Waals surface area contributed by atoms with E-state index in [9.17, 15) is 4.79 Å². The van der Waals surface area contributed by atoms with E-state index in [0.717, 1.165) is 11.8 Å². The first-order chi connectivity index (χ1) is 6.18. The molecule has 0 heterocycles. The van der Waals surface area contributed by atoms with Crippen molar-refractivity contribution in [3.8, 4) is 0 Å². The first-order valence-corrected chi connectivity index (χ1v) is 4.31. The van der Waals surface area contributed by atoms with Gasteiger partial charge >= 0.3 is 29.6 Å². The van der Waals surface area contributed by atoms with Crippen molar-refractivity contribution < 1.29 is 34.4 Å². The average Bonchev–Trinajstić information content (AvgIpc) is 2.05. The SMILES string of the molecule is CCCCCC=CC(C)=O.O=N[O-].[Na+]. The maximum atomic E-state index is 10.4. The Morgan fingerprint density at radius 3 is 2.29 bits per heavy atom. The van der Waals surface area contributed by atoms with Gasteiger partial charge < -0.3 is 10.1 Å². The van der Waals surface area contributed by atoms with Crippen molar-refractivity contribution >= 4 is 5.78 Å². The van der Waals surface area contributed by atoms with Crippen LogP contribution in [0.15, 0.2) is 17.5 Å². The second-order valence-electron chi connectivity index (χ2n) is 2.58. The molecular weight excluding hydrogens is 193 g/mol. The Balaban J connectivity index is -0.000000267. The van der Waals surface area contributed by atoms with Gasteiger partial charge in [0.05, 0.1) is 0 Å². The molecule has 0 aromatic rings. The van der Waals surface area contributed by atoms with Crippen LogP contribution < -0.4 is 29.6 Å². The molecule has 0 aliphatic rings. The first kappa shape index (κ1) is 19.4. The number of carbonyl (C=O) groups excluding carboxylic acids is 1. The van der Waals surface area contributed by atoms with Crippen molar-refractivity contribution in [1.82, 2.24) is 0 Å².